The standard InChI is InChI=1S/C22H26Cl2N2O2.2ClH/c1-27-21-11-15(12-25-20-13-26-8-6-16(20)7-9-26)10-19(24)22(21)28-14-17-4-2-3-5-18(17)23;;/h2-5,10-11,16,20,25H,6-9,12-14H2,1H3;2*1H/p-2. The molecule has 2 aromatic rings. The van der Waals surface area contributed by atoms with Gasteiger partial charge in [0.1, 0.15) is 6.61 Å². The van der Waals surface area contributed by atoms with Crippen LogP contribution in [0.25, 0.3) is 0 Å². The molecule has 0 aliphatic carbocycles. The number of nitrogens with zero attached hydrogens (tertiary/aromatic N) is 1. The fourth-order valence-corrected chi connectivity index (χ4v) is 4.70. The monoisotopic (exact) mass is 490 g/mol. The van der Waals surface area contributed by atoms with E-state index in [0.717, 1.165) is 30.1 Å². The molecule has 2 aromatic carbocycles. The van der Waals surface area contributed by atoms with Crippen LogP contribution >= 0.6 is 23.2 Å². The van der Waals surface area contributed by atoms with Crippen LogP contribution in [0, 0.1) is 5.92 Å². The molecule has 5 rings (SSSR count). The van der Waals surface area contributed by atoms with Crippen molar-refractivity contribution in [3.63, 3.8) is 0 Å². The van der Waals surface area contributed by atoms with Crippen molar-refractivity contribution in [1.82, 2.24) is 10.2 Å². The van der Waals surface area contributed by atoms with E-state index < -0.39 is 0 Å². The van der Waals surface area contributed by atoms with Gasteiger partial charge in [-0.15, -0.1) is 0 Å². The second-order valence-electron chi connectivity index (χ2n) is 7.61. The highest BCUT2D eigenvalue weighted by Crippen LogP contribution is 2.37. The largest absolute Gasteiger partial charge is 1.00 e. The summed E-state index contributed by atoms with van der Waals surface area (Å²) < 4.78 is 11.5. The molecular formula is C22H26Cl4N2O2-2. The molecule has 3 saturated heterocycles. The molecule has 166 valence electrons. The fraction of sp³-hybridized carbons (Fsp3) is 0.455. The van der Waals surface area contributed by atoms with Crippen LogP contribution in [0.5, 0.6) is 11.5 Å². The van der Waals surface area contributed by atoms with Crippen molar-refractivity contribution < 1.29 is 34.3 Å². The maximum Gasteiger partial charge on any atom is 0.180 e. The van der Waals surface area contributed by atoms with Crippen molar-refractivity contribution in [2.75, 3.05) is 26.7 Å². The van der Waals surface area contributed by atoms with Crippen LogP contribution in [0.15, 0.2) is 36.4 Å². The summed E-state index contributed by atoms with van der Waals surface area (Å²) in [6, 6.07) is 12.1. The van der Waals surface area contributed by atoms with E-state index in [1.807, 2.05) is 36.4 Å². The summed E-state index contributed by atoms with van der Waals surface area (Å²) in [4.78, 5) is 2.55. The maximum atomic E-state index is 6.53. The molecule has 0 saturated carbocycles. The third-order valence-electron chi connectivity index (χ3n) is 5.84. The SMILES string of the molecule is COc1cc(CNC2CN3CCC2CC3)cc(Cl)c1OCc1ccccc1Cl.[Cl-].[Cl-]. The number of hydrogen-bond acceptors (Lipinski definition) is 4. The van der Waals surface area contributed by atoms with Crippen molar-refractivity contribution in [3.8, 4) is 11.5 Å². The molecule has 0 amide bonds. The Hall–Kier alpha value is -0.880. The molecule has 3 heterocycles. The summed E-state index contributed by atoms with van der Waals surface area (Å²) in [5, 5.41) is 4.95. The summed E-state index contributed by atoms with van der Waals surface area (Å²) >= 11 is 12.7. The molecule has 1 N–H and O–H groups in total. The first-order valence-electron chi connectivity index (χ1n) is 9.82. The molecule has 3 aliphatic heterocycles. The average Bonchev–Trinajstić information content (AvgIpc) is 2.73. The third kappa shape index (κ3) is 5.87. The Morgan fingerprint density at radius 2 is 1.80 bits per heavy atom. The number of nitrogens with one attached hydrogen (secondary N) is 1. The van der Waals surface area contributed by atoms with Gasteiger partial charge in [0.15, 0.2) is 11.5 Å². The first kappa shape index (κ1) is 25.4. The first-order chi connectivity index (χ1) is 13.6. The van der Waals surface area contributed by atoms with Crippen molar-refractivity contribution in [2.45, 2.75) is 32.0 Å². The molecule has 4 nitrogen and oxygen atoms in total. The summed E-state index contributed by atoms with van der Waals surface area (Å²) in [7, 11) is 1.64. The van der Waals surface area contributed by atoms with Crippen LogP contribution < -0.4 is 39.6 Å². The van der Waals surface area contributed by atoms with Gasteiger partial charge in [-0.3, -0.25) is 0 Å². The lowest BCUT2D eigenvalue weighted by Gasteiger charge is -2.45. The van der Waals surface area contributed by atoms with Crippen molar-refractivity contribution in [1.29, 1.82) is 0 Å². The first-order valence-corrected chi connectivity index (χ1v) is 10.6. The van der Waals surface area contributed by atoms with Gasteiger partial charge in [0.05, 0.1) is 12.1 Å². The van der Waals surface area contributed by atoms with E-state index in [1.165, 1.54) is 25.9 Å². The normalized spacial score (nSPS) is 22.0. The minimum Gasteiger partial charge on any atom is -1.00 e. The molecule has 30 heavy (non-hydrogen) atoms. The molecule has 3 fully saturated rings. The smallest absolute Gasteiger partial charge is 0.180 e. The topological polar surface area (TPSA) is 33.7 Å². The van der Waals surface area contributed by atoms with E-state index in [1.54, 1.807) is 7.11 Å². The van der Waals surface area contributed by atoms with Gasteiger partial charge in [0.25, 0.3) is 0 Å². The second-order valence-corrected chi connectivity index (χ2v) is 8.43. The Labute approximate surface area is 201 Å². The zero-order valence-electron chi connectivity index (χ0n) is 16.8. The summed E-state index contributed by atoms with van der Waals surface area (Å²) in [6.07, 6.45) is 2.60. The predicted molar refractivity (Wildman–Crippen MR) is 114 cm³/mol. The maximum absolute atomic E-state index is 6.53. The van der Waals surface area contributed by atoms with E-state index in [0.29, 0.717) is 34.2 Å². The summed E-state index contributed by atoms with van der Waals surface area (Å²) in [6.45, 7) is 4.76. The molecule has 1 unspecified atom stereocenters. The van der Waals surface area contributed by atoms with E-state index in [4.69, 9.17) is 32.7 Å². The Kier molecular flexibility index (Phi) is 9.86. The van der Waals surface area contributed by atoms with Crippen LogP contribution in [-0.4, -0.2) is 37.7 Å². The number of benzene rings is 2. The zero-order valence-corrected chi connectivity index (χ0v) is 19.9. The third-order valence-corrected chi connectivity index (χ3v) is 6.49. The van der Waals surface area contributed by atoms with Gasteiger partial charge in [-0.1, -0.05) is 41.4 Å². The molecule has 1 atom stereocenters. The molecule has 8 heteroatoms. The Balaban J connectivity index is 0.00000160. The Morgan fingerprint density at radius 1 is 1.07 bits per heavy atom. The number of methoxy groups -OCH3 is 1. The number of rotatable bonds is 7. The minimum atomic E-state index is 0. The second kappa shape index (κ2) is 11.7. The van der Waals surface area contributed by atoms with E-state index >= 15 is 0 Å². The summed E-state index contributed by atoms with van der Waals surface area (Å²) in [5.41, 5.74) is 2.01. The minimum absolute atomic E-state index is 0. The molecule has 0 aromatic heterocycles. The number of ether oxygens (including phenoxy) is 2. The van der Waals surface area contributed by atoms with Crippen LogP contribution in [0.3, 0.4) is 0 Å². The van der Waals surface area contributed by atoms with Crippen molar-refractivity contribution in [3.05, 3.63) is 57.6 Å². The van der Waals surface area contributed by atoms with Gasteiger partial charge in [0.2, 0.25) is 0 Å². The summed E-state index contributed by atoms with van der Waals surface area (Å²) in [5.74, 6) is 1.99. The Bertz CT molecular complexity index is 829. The van der Waals surface area contributed by atoms with E-state index in [9.17, 15) is 0 Å². The van der Waals surface area contributed by atoms with Gasteiger partial charge >= 0.3 is 0 Å². The fourth-order valence-electron chi connectivity index (χ4n) is 4.23. The van der Waals surface area contributed by atoms with Gasteiger partial charge in [-0.2, -0.15) is 0 Å². The van der Waals surface area contributed by atoms with Crippen LogP contribution in [0.1, 0.15) is 24.0 Å². The van der Waals surface area contributed by atoms with E-state index in [-0.39, 0.29) is 24.8 Å². The molecule has 3 aliphatic rings. The average molecular weight is 492 g/mol. The highest BCUT2D eigenvalue weighted by Gasteiger charge is 2.33. The lowest BCUT2D eigenvalue weighted by molar-refractivity contribution is -0.001000. The molecule has 0 radical (unpaired) electrons. The number of halogens is 4. The van der Waals surface area contributed by atoms with Crippen LogP contribution in [0.4, 0.5) is 0 Å². The number of hydrogen-bond donors (Lipinski definition) is 1. The lowest BCUT2D eigenvalue weighted by Crippen LogP contribution is -3.00. The van der Waals surface area contributed by atoms with Crippen LogP contribution in [-0.2, 0) is 13.2 Å². The van der Waals surface area contributed by atoms with Gasteiger partial charge in [-0.25, -0.2) is 0 Å². The number of fused-ring (bicyclic) bond motifs is 3. The lowest BCUT2D eigenvalue weighted by atomic mass is 9.84. The van der Waals surface area contributed by atoms with Gasteiger partial charge in [0, 0.05) is 29.7 Å². The molecule has 0 spiro atoms. The zero-order chi connectivity index (χ0) is 19.5. The molecule has 2 bridgehead atoms. The quantitative estimate of drug-likeness (QED) is 0.526. The van der Waals surface area contributed by atoms with E-state index in [2.05, 4.69) is 10.2 Å². The number of piperidine rings is 3. The Morgan fingerprint density at radius 3 is 2.43 bits per heavy atom. The van der Waals surface area contributed by atoms with Crippen LogP contribution in [0.2, 0.25) is 10.0 Å². The predicted octanol–water partition coefficient (Wildman–Crippen LogP) is -1.23. The highest BCUT2D eigenvalue weighted by atomic mass is 35.5. The van der Waals surface area contributed by atoms with Gasteiger partial charge in [-0.05, 0) is 55.6 Å². The van der Waals surface area contributed by atoms with Gasteiger partial charge < -0.3 is 44.5 Å². The van der Waals surface area contributed by atoms with Crippen molar-refractivity contribution in [2.24, 2.45) is 5.92 Å². The highest BCUT2D eigenvalue weighted by molar-refractivity contribution is 6.32. The molecular weight excluding hydrogens is 466 g/mol. The van der Waals surface area contributed by atoms with Crippen molar-refractivity contribution >= 4 is 23.2 Å².